The number of carbonyl (C=O) groups is 2. The third-order valence-electron chi connectivity index (χ3n) is 2.30. The predicted octanol–water partition coefficient (Wildman–Crippen LogP) is 1.24. The zero-order valence-electron chi connectivity index (χ0n) is 11.6. The van der Waals surface area contributed by atoms with Crippen LogP contribution in [0.3, 0.4) is 0 Å². The van der Waals surface area contributed by atoms with Crippen molar-refractivity contribution in [2.75, 3.05) is 13.7 Å². The van der Waals surface area contributed by atoms with Crippen molar-refractivity contribution in [2.45, 2.75) is 20.0 Å². The molecule has 0 aliphatic rings. The van der Waals surface area contributed by atoms with E-state index in [4.69, 9.17) is 9.47 Å². The molecule has 0 aliphatic carbocycles. The van der Waals surface area contributed by atoms with Gasteiger partial charge in [0.05, 0.1) is 13.7 Å². The fourth-order valence-corrected chi connectivity index (χ4v) is 1.29. The lowest BCUT2D eigenvalue weighted by molar-refractivity contribution is -0.128. The first-order valence-corrected chi connectivity index (χ1v) is 6.10. The van der Waals surface area contributed by atoms with Crippen LogP contribution >= 0.6 is 0 Å². The van der Waals surface area contributed by atoms with E-state index in [0.29, 0.717) is 11.5 Å². The minimum atomic E-state index is -0.773. The van der Waals surface area contributed by atoms with Gasteiger partial charge < -0.3 is 14.2 Å². The quantitative estimate of drug-likeness (QED) is 0.794. The van der Waals surface area contributed by atoms with Crippen molar-refractivity contribution in [3.05, 3.63) is 24.3 Å². The smallest absolute Gasteiger partial charge is 0.426 e. The number of hydrogen-bond acceptors (Lipinski definition) is 5. The average Bonchev–Trinajstić information content (AvgIpc) is 2.45. The van der Waals surface area contributed by atoms with Crippen LogP contribution in [-0.4, -0.2) is 31.8 Å². The van der Waals surface area contributed by atoms with Crippen molar-refractivity contribution in [3.63, 3.8) is 0 Å². The van der Waals surface area contributed by atoms with Crippen molar-refractivity contribution in [1.82, 2.24) is 10.9 Å². The highest BCUT2D eigenvalue weighted by atomic mass is 16.6. The monoisotopic (exact) mass is 282 g/mol. The average molecular weight is 282 g/mol. The Kier molecular flexibility index (Phi) is 6.15. The van der Waals surface area contributed by atoms with E-state index in [2.05, 4.69) is 15.6 Å². The molecule has 0 fully saturated rings. The Labute approximate surface area is 117 Å². The van der Waals surface area contributed by atoms with E-state index in [1.54, 1.807) is 45.2 Å². The molecule has 7 heteroatoms. The standard InChI is InChI=1S/C13H18N2O5/c1-4-19-13(17)15-14-12(16)9(2)20-11-7-5-10(18-3)6-8-11/h5-9H,4H2,1-3H3,(H,14,16)(H,15,17). The van der Waals surface area contributed by atoms with Gasteiger partial charge in [-0.3, -0.25) is 10.2 Å². The van der Waals surface area contributed by atoms with Crippen LogP contribution in [-0.2, 0) is 9.53 Å². The maximum absolute atomic E-state index is 11.6. The summed E-state index contributed by atoms with van der Waals surface area (Å²) in [4.78, 5) is 22.6. The van der Waals surface area contributed by atoms with Gasteiger partial charge >= 0.3 is 6.09 Å². The van der Waals surface area contributed by atoms with Crippen molar-refractivity contribution < 1.29 is 23.8 Å². The molecule has 1 aromatic carbocycles. The van der Waals surface area contributed by atoms with E-state index in [1.165, 1.54) is 0 Å². The minimum absolute atomic E-state index is 0.222. The molecular formula is C13H18N2O5. The number of ether oxygens (including phenoxy) is 3. The molecule has 2 N–H and O–H groups in total. The van der Waals surface area contributed by atoms with E-state index >= 15 is 0 Å². The van der Waals surface area contributed by atoms with E-state index in [-0.39, 0.29) is 6.61 Å². The Morgan fingerprint density at radius 1 is 1.15 bits per heavy atom. The highest BCUT2D eigenvalue weighted by Crippen LogP contribution is 2.18. The first-order chi connectivity index (χ1) is 9.56. The van der Waals surface area contributed by atoms with Gasteiger partial charge in [0.2, 0.25) is 0 Å². The predicted molar refractivity (Wildman–Crippen MR) is 71.4 cm³/mol. The molecule has 0 bridgehead atoms. The van der Waals surface area contributed by atoms with E-state index in [1.807, 2.05) is 0 Å². The van der Waals surface area contributed by atoms with Crippen molar-refractivity contribution in [3.8, 4) is 11.5 Å². The number of hydrazine groups is 1. The van der Waals surface area contributed by atoms with Gasteiger partial charge in [0.25, 0.3) is 5.91 Å². The van der Waals surface area contributed by atoms with Crippen LogP contribution in [0.1, 0.15) is 13.8 Å². The topological polar surface area (TPSA) is 85.9 Å². The fourth-order valence-electron chi connectivity index (χ4n) is 1.29. The number of hydrogen-bond donors (Lipinski definition) is 2. The highest BCUT2D eigenvalue weighted by molar-refractivity contribution is 5.82. The van der Waals surface area contributed by atoms with Gasteiger partial charge in [-0.1, -0.05) is 0 Å². The third kappa shape index (κ3) is 5.05. The van der Waals surface area contributed by atoms with Gasteiger partial charge in [-0.05, 0) is 38.1 Å². The van der Waals surface area contributed by atoms with E-state index in [9.17, 15) is 9.59 Å². The number of methoxy groups -OCH3 is 1. The molecular weight excluding hydrogens is 264 g/mol. The number of carbonyl (C=O) groups excluding carboxylic acids is 2. The fraction of sp³-hybridized carbons (Fsp3) is 0.385. The van der Waals surface area contributed by atoms with Crippen molar-refractivity contribution in [1.29, 1.82) is 0 Å². The summed E-state index contributed by atoms with van der Waals surface area (Å²) in [5.41, 5.74) is 4.30. The Hall–Kier alpha value is -2.44. The van der Waals surface area contributed by atoms with Gasteiger partial charge in [0, 0.05) is 0 Å². The lowest BCUT2D eigenvalue weighted by Gasteiger charge is -2.15. The van der Waals surface area contributed by atoms with Gasteiger partial charge in [-0.2, -0.15) is 0 Å². The van der Waals surface area contributed by atoms with E-state index in [0.717, 1.165) is 0 Å². The lowest BCUT2D eigenvalue weighted by Crippen LogP contribution is -2.47. The number of amides is 2. The normalized spacial score (nSPS) is 11.2. The Bertz CT molecular complexity index is 447. The molecule has 0 radical (unpaired) electrons. The molecule has 2 amide bonds. The summed E-state index contributed by atoms with van der Waals surface area (Å²) in [5, 5.41) is 0. The lowest BCUT2D eigenvalue weighted by atomic mass is 10.3. The van der Waals surface area contributed by atoms with Crippen LogP contribution < -0.4 is 20.3 Å². The first-order valence-electron chi connectivity index (χ1n) is 6.10. The van der Waals surface area contributed by atoms with Crippen LogP contribution in [0.5, 0.6) is 11.5 Å². The molecule has 1 unspecified atom stereocenters. The van der Waals surface area contributed by atoms with Crippen LogP contribution in [0.25, 0.3) is 0 Å². The Morgan fingerprint density at radius 2 is 1.75 bits per heavy atom. The molecule has 1 aromatic rings. The zero-order chi connectivity index (χ0) is 15.0. The summed E-state index contributed by atoms with van der Waals surface area (Å²) in [6, 6.07) is 6.80. The van der Waals surface area contributed by atoms with Crippen LogP contribution in [0, 0.1) is 0 Å². The summed E-state index contributed by atoms with van der Waals surface area (Å²) in [5.74, 6) is 0.719. The highest BCUT2D eigenvalue weighted by Gasteiger charge is 2.15. The molecule has 0 saturated carbocycles. The summed E-state index contributed by atoms with van der Waals surface area (Å²) >= 11 is 0. The molecule has 0 spiro atoms. The zero-order valence-corrected chi connectivity index (χ0v) is 11.6. The number of benzene rings is 1. The largest absolute Gasteiger partial charge is 0.497 e. The van der Waals surface area contributed by atoms with Gasteiger partial charge in [-0.25, -0.2) is 10.2 Å². The molecule has 0 heterocycles. The molecule has 0 aromatic heterocycles. The van der Waals surface area contributed by atoms with Crippen molar-refractivity contribution in [2.24, 2.45) is 0 Å². The summed E-state index contributed by atoms with van der Waals surface area (Å²) in [6.45, 7) is 3.45. The molecule has 7 nitrogen and oxygen atoms in total. The molecule has 20 heavy (non-hydrogen) atoms. The van der Waals surface area contributed by atoms with Gasteiger partial charge in [-0.15, -0.1) is 0 Å². The minimum Gasteiger partial charge on any atom is -0.497 e. The number of nitrogens with one attached hydrogen (secondary N) is 2. The second-order valence-electron chi connectivity index (χ2n) is 3.77. The second-order valence-corrected chi connectivity index (χ2v) is 3.77. The SMILES string of the molecule is CCOC(=O)NNC(=O)C(C)Oc1ccc(OC)cc1. The molecule has 1 rings (SSSR count). The third-order valence-corrected chi connectivity index (χ3v) is 2.30. The second kappa shape index (κ2) is 7.88. The molecule has 0 saturated heterocycles. The summed E-state index contributed by atoms with van der Waals surface area (Å²) in [6.07, 6.45) is -1.50. The summed E-state index contributed by atoms with van der Waals surface area (Å²) in [7, 11) is 1.56. The first kappa shape index (κ1) is 15.6. The van der Waals surface area contributed by atoms with Crippen LogP contribution in [0.2, 0.25) is 0 Å². The molecule has 0 aliphatic heterocycles. The maximum Gasteiger partial charge on any atom is 0.426 e. The van der Waals surface area contributed by atoms with E-state index < -0.39 is 18.1 Å². The molecule has 1 atom stereocenters. The maximum atomic E-state index is 11.6. The van der Waals surface area contributed by atoms with Gasteiger partial charge in [0.1, 0.15) is 11.5 Å². The Morgan fingerprint density at radius 3 is 2.30 bits per heavy atom. The van der Waals surface area contributed by atoms with Gasteiger partial charge in [0.15, 0.2) is 6.10 Å². The number of rotatable bonds is 5. The van der Waals surface area contributed by atoms with Crippen LogP contribution in [0.15, 0.2) is 24.3 Å². The molecule has 110 valence electrons. The summed E-state index contributed by atoms with van der Waals surface area (Å²) < 4.78 is 15.0. The van der Waals surface area contributed by atoms with Crippen molar-refractivity contribution >= 4 is 12.0 Å². The van der Waals surface area contributed by atoms with Crippen LogP contribution in [0.4, 0.5) is 4.79 Å². The Balaban J connectivity index is 2.42.